The smallest absolute Gasteiger partial charge is 0.261 e. The number of nitrogens with two attached hydrogens (primary N) is 1. The number of hydrogen-bond acceptors (Lipinski definition) is 7. The zero-order chi connectivity index (χ0) is 18.8. The Hall–Kier alpha value is -2.27. The van der Waals surface area contributed by atoms with Crippen LogP contribution in [0.15, 0.2) is 24.3 Å². The lowest BCUT2D eigenvalue weighted by Gasteiger charge is -2.18. The van der Waals surface area contributed by atoms with Gasteiger partial charge in [0.05, 0.1) is 18.5 Å². The highest BCUT2D eigenvalue weighted by molar-refractivity contribution is 14.1. The summed E-state index contributed by atoms with van der Waals surface area (Å²) in [5, 5.41) is 3.82. The highest BCUT2D eigenvalue weighted by Gasteiger charge is 2.18. The summed E-state index contributed by atoms with van der Waals surface area (Å²) in [5.41, 5.74) is 0.964. The van der Waals surface area contributed by atoms with Crippen molar-refractivity contribution >= 4 is 39.4 Å². The summed E-state index contributed by atoms with van der Waals surface area (Å²) >= 11 is 1.97. The normalized spacial score (nSPS) is 12.1. The molecule has 3 N–H and O–H groups in total. The molecule has 0 spiro atoms. The van der Waals surface area contributed by atoms with Crippen molar-refractivity contribution in [2.24, 2.45) is 5.90 Å². The van der Waals surface area contributed by atoms with Gasteiger partial charge in [-0.25, -0.2) is 14.4 Å². The number of aromatic nitrogens is 3. The number of ether oxygens (including phenoxy) is 1. The molecule has 9 heteroatoms. The molecule has 0 aliphatic heterocycles. The standard InChI is InChI=1S/C17H17FIN5O2/c1-8(10-5-4-6-12(19)14(10)18)21-15-11-7-13(26-20)17(25-3)24-16(11)23-9(2)22-15/h4-8H,20H2,1-3H3,(H,21,22,23,24)/t8-/m1/s1. The first kappa shape index (κ1) is 18.5. The van der Waals surface area contributed by atoms with Crippen LogP contribution in [0.5, 0.6) is 11.6 Å². The molecule has 26 heavy (non-hydrogen) atoms. The van der Waals surface area contributed by atoms with Crippen LogP contribution in [-0.4, -0.2) is 22.1 Å². The Kier molecular flexibility index (Phi) is 5.37. The summed E-state index contributed by atoms with van der Waals surface area (Å²) in [4.78, 5) is 17.9. The number of methoxy groups -OCH3 is 1. The van der Waals surface area contributed by atoms with Crippen LogP contribution in [0.1, 0.15) is 24.4 Å². The van der Waals surface area contributed by atoms with Gasteiger partial charge < -0.3 is 14.9 Å². The minimum Gasteiger partial charge on any atom is -0.478 e. The molecule has 0 aliphatic carbocycles. The Bertz CT molecular complexity index is 970. The largest absolute Gasteiger partial charge is 0.478 e. The number of aryl methyl sites for hydroxylation is 1. The molecule has 0 radical (unpaired) electrons. The van der Waals surface area contributed by atoms with Gasteiger partial charge in [-0.15, -0.1) is 0 Å². The number of anilines is 1. The predicted octanol–water partition coefficient (Wildman–Crippen LogP) is 3.51. The van der Waals surface area contributed by atoms with E-state index in [0.29, 0.717) is 31.8 Å². The number of benzene rings is 1. The van der Waals surface area contributed by atoms with Crippen LogP contribution in [0.3, 0.4) is 0 Å². The molecule has 1 aromatic carbocycles. The van der Waals surface area contributed by atoms with Gasteiger partial charge in [-0.3, -0.25) is 0 Å². The fourth-order valence-electron chi connectivity index (χ4n) is 2.61. The molecule has 2 aromatic heterocycles. The van der Waals surface area contributed by atoms with Crippen LogP contribution in [0.25, 0.3) is 11.0 Å². The number of hydrogen-bond donors (Lipinski definition) is 2. The molecule has 0 fully saturated rings. The van der Waals surface area contributed by atoms with Crippen molar-refractivity contribution in [3.63, 3.8) is 0 Å². The third-order valence-electron chi connectivity index (χ3n) is 3.85. The molecule has 3 rings (SSSR count). The molecular weight excluding hydrogens is 452 g/mol. The van der Waals surface area contributed by atoms with E-state index in [4.69, 9.17) is 15.5 Å². The van der Waals surface area contributed by atoms with Crippen molar-refractivity contribution < 1.29 is 14.0 Å². The van der Waals surface area contributed by atoms with Gasteiger partial charge in [0.25, 0.3) is 5.88 Å². The Labute approximate surface area is 163 Å². The average molecular weight is 469 g/mol. The van der Waals surface area contributed by atoms with Crippen molar-refractivity contribution in [3.8, 4) is 11.6 Å². The summed E-state index contributed by atoms with van der Waals surface area (Å²) < 4.78 is 20.1. The van der Waals surface area contributed by atoms with Crippen LogP contribution in [0.4, 0.5) is 10.2 Å². The molecule has 2 heterocycles. The van der Waals surface area contributed by atoms with Crippen LogP contribution in [-0.2, 0) is 0 Å². The monoisotopic (exact) mass is 469 g/mol. The first-order valence-corrected chi connectivity index (χ1v) is 8.83. The second-order valence-electron chi connectivity index (χ2n) is 5.61. The van der Waals surface area contributed by atoms with Crippen LogP contribution >= 0.6 is 22.6 Å². The lowest BCUT2D eigenvalue weighted by Crippen LogP contribution is -2.12. The number of halogens is 2. The zero-order valence-electron chi connectivity index (χ0n) is 14.4. The third-order valence-corrected chi connectivity index (χ3v) is 4.69. The maximum atomic E-state index is 14.4. The van der Waals surface area contributed by atoms with Crippen LogP contribution in [0, 0.1) is 16.3 Å². The minimum atomic E-state index is -0.327. The van der Waals surface area contributed by atoms with E-state index in [1.807, 2.05) is 35.6 Å². The lowest BCUT2D eigenvalue weighted by molar-refractivity contribution is 0.300. The molecule has 0 saturated carbocycles. The molecule has 0 unspecified atom stereocenters. The SMILES string of the molecule is COc1nc2nc(C)nc(N[C@H](C)c3cccc(I)c3F)c2cc1ON. The number of rotatable bonds is 5. The first-order valence-electron chi connectivity index (χ1n) is 7.75. The van der Waals surface area contributed by atoms with E-state index in [1.54, 1.807) is 25.1 Å². The molecule has 136 valence electrons. The molecular formula is C17H17FIN5O2. The summed E-state index contributed by atoms with van der Waals surface area (Å²) in [7, 11) is 1.46. The van der Waals surface area contributed by atoms with Crippen molar-refractivity contribution in [1.29, 1.82) is 0 Å². The van der Waals surface area contributed by atoms with Crippen molar-refractivity contribution in [1.82, 2.24) is 15.0 Å². The Morgan fingerprint density at radius 1 is 1.27 bits per heavy atom. The maximum Gasteiger partial charge on any atom is 0.261 e. The molecule has 3 aromatic rings. The Morgan fingerprint density at radius 2 is 2.04 bits per heavy atom. The van der Waals surface area contributed by atoms with E-state index in [-0.39, 0.29) is 23.5 Å². The second-order valence-corrected chi connectivity index (χ2v) is 6.78. The third kappa shape index (κ3) is 3.49. The van der Waals surface area contributed by atoms with Gasteiger partial charge >= 0.3 is 0 Å². The summed E-state index contributed by atoms with van der Waals surface area (Å²) in [6, 6.07) is 6.58. The van der Waals surface area contributed by atoms with E-state index >= 15 is 0 Å². The number of fused-ring (bicyclic) bond motifs is 1. The topological polar surface area (TPSA) is 95.2 Å². The molecule has 0 aliphatic rings. The van der Waals surface area contributed by atoms with Crippen molar-refractivity contribution in [2.75, 3.05) is 12.4 Å². The quantitative estimate of drug-likeness (QED) is 0.436. The predicted molar refractivity (Wildman–Crippen MR) is 105 cm³/mol. The number of pyridine rings is 1. The first-order chi connectivity index (χ1) is 12.4. The van der Waals surface area contributed by atoms with E-state index < -0.39 is 0 Å². The second kappa shape index (κ2) is 7.54. The highest BCUT2D eigenvalue weighted by atomic mass is 127. The van der Waals surface area contributed by atoms with Crippen LogP contribution < -0.4 is 20.8 Å². The van der Waals surface area contributed by atoms with Gasteiger partial charge in [-0.1, -0.05) is 12.1 Å². The highest BCUT2D eigenvalue weighted by Crippen LogP contribution is 2.32. The number of nitrogens with one attached hydrogen (secondary N) is 1. The van der Waals surface area contributed by atoms with E-state index in [2.05, 4.69) is 20.3 Å². The Balaban J connectivity index is 2.08. The minimum absolute atomic E-state index is 0.223. The van der Waals surface area contributed by atoms with Gasteiger partial charge in [-0.05, 0) is 42.5 Å². The van der Waals surface area contributed by atoms with E-state index in [1.165, 1.54) is 7.11 Å². The van der Waals surface area contributed by atoms with Gasteiger partial charge in [0.2, 0.25) is 5.75 Å². The molecule has 0 bridgehead atoms. The summed E-state index contributed by atoms with van der Waals surface area (Å²) in [5.74, 6) is 6.54. The maximum absolute atomic E-state index is 14.4. The molecule has 7 nitrogen and oxygen atoms in total. The Morgan fingerprint density at radius 3 is 2.73 bits per heavy atom. The number of nitrogens with zero attached hydrogens (tertiary/aromatic N) is 3. The molecule has 0 saturated heterocycles. The van der Waals surface area contributed by atoms with Crippen molar-refractivity contribution in [3.05, 3.63) is 45.0 Å². The molecule has 0 amide bonds. The molecule has 1 atom stereocenters. The fraction of sp³-hybridized carbons (Fsp3) is 0.235. The van der Waals surface area contributed by atoms with E-state index in [0.717, 1.165) is 0 Å². The fourth-order valence-corrected chi connectivity index (χ4v) is 3.13. The summed E-state index contributed by atoms with van der Waals surface area (Å²) in [6.45, 7) is 3.61. The zero-order valence-corrected chi connectivity index (χ0v) is 16.5. The average Bonchev–Trinajstić information content (AvgIpc) is 2.62. The van der Waals surface area contributed by atoms with Gasteiger partial charge in [0.1, 0.15) is 17.5 Å². The van der Waals surface area contributed by atoms with Crippen LogP contribution in [0.2, 0.25) is 0 Å². The van der Waals surface area contributed by atoms with Gasteiger partial charge in [-0.2, -0.15) is 10.9 Å². The van der Waals surface area contributed by atoms with Gasteiger partial charge in [0, 0.05) is 15.2 Å². The van der Waals surface area contributed by atoms with Crippen molar-refractivity contribution in [2.45, 2.75) is 19.9 Å². The lowest BCUT2D eigenvalue weighted by atomic mass is 10.1. The summed E-state index contributed by atoms with van der Waals surface area (Å²) in [6.07, 6.45) is 0. The van der Waals surface area contributed by atoms with Gasteiger partial charge in [0.15, 0.2) is 5.65 Å². The van der Waals surface area contributed by atoms with E-state index in [9.17, 15) is 4.39 Å².